The number of aryl methyl sites for hydroxylation is 1. The van der Waals surface area contributed by atoms with Crippen molar-refractivity contribution in [1.82, 2.24) is 15.1 Å². The number of nitrogens with one attached hydrogen (secondary N) is 1. The first-order valence-corrected chi connectivity index (χ1v) is 8.13. The highest BCUT2D eigenvalue weighted by molar-refractivity contribution is 7.99. The molecule has 20 heavy (non-hydrogen) atoms. The molecule has 1 aromatic heterocycles. The van der Waals surface area contributed by atoms with Crippen LogP contribution in [0.2, 0.25) is 5.02 Å². The number of nitrogens with zero attached hydrogens (tertiary/aromatic N) is 2. The van der Waals surface area contributed by atoms with Crippen LogP contribution in [0.5, 0.6) is 0 Å². The van der Waals surface area contributed by atoms with Crippen molar-refractivity contribution in [1.29, 1.82) is 0 Å². The lowest BCUT2D eigenvalue weighted by atomic mass is 10.1. The SMILES string of the molecule is CCNC(CSc1cccc(Cl)c1)Cc1cnn(C)c1. The number of hydrogen-bond donors (Lipinski definition) is 1. The van der Waals surface area contributed by atoms with Gasteiger partial charge in [-0.15, -0.1) is 11.8 Å². The summed E-state index contributed by atoms with van der Waals surface area (Å²) in [4.78, 5) is 1.21. The van der Waals surface area contributed by atoms with Gasteiger partial charge in [-0.05, 0) is 36.7 Å². The van der Waals surface area contributed by atoms with Crippen molar-refractivity contribution in [2.75, 3.05) is 12.3 Å². The molecule has 5 heteroatoms. The Morgan fingerprint density at radius 3 is 2.95 bits per heavy atom. The van der Waals surface area contributed by atoms with Crippen LogP contribution in [0.15, 0.2) is 41.6 Å². The summed E-state index contributed by atoms with van der Waals surface area (Å²) in [6, 6.07) is 8.45. The normalized spacial score (nSPS) is 12.6. The van der Waals surface area contributed by atoms with Crippen LogP contribution in [0.4, 0.5) is 0 Å². The van der Waals surface area contributed by atoms with Crippen LogP contribution in [-0.2, 0) is 13.5 Å². The Kier molecular flexibility index (Phi) is 5.95. The van der Waals surface area contributed by atoms with Crippen molar-refractivity contribution in [3.8, 4) is 0 Å². The van der Waals surface area contributed by atoms with E-state index in [4.69, 9.17) is 11.6 Å². The second kappa shape index (κ2) is 7.72. The van der Waals surface area contributed by atoms with Crippen molar-refractivity contribution >= 4 is 23.4 Å². The molecule has 2 rings (SSSR count). The average Bonchev–Trinajstić information content (AvgIpc) is 2.82. The molecule has 3 nitrogen and oxygen atoms in total. The summed E-state index contributed by atoms with van der Waals surface area (Å²) in [6.07, 6.45) is 5.01. The van der Waals surface area contributed by atoms with Gasteiger partial charge in [-0.1, -0.05) is 24.6 Å². The predicted molar refractivity (Wildman–Crippen MR) is 86.6 cm³/mol. The van der Waals surface area contributed by atoms with Crippen LogP contribution in [0.25, 0.3) is 0 Å². The number of aromatic nitrogens is 2. The zero-order valence-electron chi connectivity index (χ0n) is 11.8. The first-order valence-electron chi connectivity index (χ1n) is 6.76. The third-order valence-corrected chi connectivity index (χ3v) is 4.37. The molecule has 0 aliphatic carbocycles. The van der Waals surface area contributed by atoms with Gasteiger partial charge < -0.3 is 5.32 Å². The lowest BCUT2D eigenvalue weighted by Gasteiger charge is -2.16. The standard InChI is InChI=1S/C15H20ClN3S/c1-3-17-14(7-12-9-18-19(2)10-12)11-20-15-6-4-5-13(16)8-15/h4-6,8-10,14,17H,3,7,11H2,1-2H3. The van der Waals surface area contributed by atoms with E-state index in [1.165, 1.54) is 10.5 Å². The molecule has 0 bridgehead atoms. The molecule has 0 aliphatic heterocycles. The maximum atomic E-state index is 6.01. The number of likely N-dealkylation sites (N-methyl/N-ethyl adjacent to an activating group) is 1. The molecule has 0 saturated heterocycles. The molecule has 1 atom stereocenters. The highest BCUT2D eigenvalue weighted by Crippen LogP contribution is 2.22. The molecular weight excluding hydrogens is 290 g/mol. The van der Waals surface area contributed by atoms with Crippen molar-refractivity contribution in [2.24, 2.45) is 7.05 Å². The Balaban J connectivity index is 1.91. The predicted octanol–water partition coefficient (Wildman–Crippen LogP) is 3.39. The summed E-state index contributed by atoms with van der Waals surface area (Å²) in [5, 5.41) is 8.55. The van der Waals surface area contributed by atoms with Gasteiger partial charge in [-0.25, -0.2) is 0 Å². The van der Waals surface area contributed by atoms with Crippen molar-refractivity contribution in [2.45, 2.75) is 24.3 Å². The molecular formula is C15H20ClN3S. The van der Waals surface area contributed by atoms with E-state index >= 15 is 0 Å². The Morgan fingerprint density at radius 1 is 1.45 bits per heavy atom. The molecule has 1 heterocycles. The van der Waals surface area contributed by atoms with E-state index in [0.717, 1.165) is 23.7 Å². The molecule has 1 aromatic carbocycles. The first-order chi connectivity index (χ1) is 9.67. The summed E-state index contributed by atoms with van der Waals surface area (Å²) in [5.41, 5.74) is 1.27. The van der Waals surface area contributed by atoms with E-state index in [1.807, 2.05) is 47.9 Å². The number of hydrogen-bond acceptors (Lipinski definition) is 3. The lowest BCUT2D eigenvalue weighted by molar-refractivity contribution is 0.572. The topological polar surface area (TPSA) is 29.9 Å². The number of thioether (sulfide) groups is 1. The zero-order chi connectivity index (χ0) is 14.4. The molecule has 108 valence electrons. The molecule has 2 aromatic rings. The average molecular weight is 310 g/mol. The van der Waals surface area contributed by atoms with Gasteiger partial charge in [0.05, 0.1) is 6.20 Å². The third-order valence-electron chi connectivity index (χ3n) is 2.98. The van der Waals surface area contributed by atoms with Gasteiger partial charge in [0.15, 0.2) is 0 Å². The fraction of sp³-hybridized carbons (Fsp3) is 0.400. The fourth-order valence-corrected chi connectivity index (χ4v) is 3.36. The van der Waals surface area contributed by atoms with Gasteiger partial charge in [-0.2, -0.15) is 5.10 Å². The first kappa shape index (κ1) is 15.4. The fourth-order valence-electron chi connectivity index (χ4n) is 2.09. The molecule has 0 fully saturated rings. The van der Waals surface area contributed by atoms with Gasteiger partial charge in [0.25, 0.3) is 0 Å². The minimum Gasteiger partial charge on any atom is -0.313 e. The van der Waals surface area contributed by atoms with E-state index in [-0.39, 0.29) is 0 Å². The number of halogens is 1. The quantitative estimate of drug-likeness (QED) is 0.795. The zero-order valence-corrected chi connectivity index (χ0v) is 13.4. The Morgan fingerprint density at radius 2 is 2.30 bits per heavy atom. The second-order valence-electron chi connectivity index (χ2n) is 4.75. The van der Waals surface area contributed by atoms with Gasteiger partial charge in [0.2, 0.25) is 0 Å². The Labute approximate surface area is 129 Å². The van der Waals surface area contributed by atoms with E-state index < -0.39 is 0 Å². The highest BCUT2D eigenvalue weighted by Gasteiger charge is 2.10. The smallest absolute Gasteiger partial charge is 0.0522 e. The lowest BCUT2D eigenvalue weighted by Crippen LogP contribution is -2.33. The summed E-state index contributed by atoms with van der Waals surface area (Å²) in [6.45, 7) is 3.11. The molecule has 0 spiro atoms. The van der Waals surface area contributed by atoms with Gasteiger partial charge in [0, 0.05) is 35.0 Å². The molecule has 0 radical (unpaired) electrons. The molecule has 1 unspecified atom stereocenters. The molecule has 1 N–H and O–H groups in total. The maximum absolute atomic E-state index is 6.01. The van der Waals surface area contributed by atoms with Crippen LogP contribution >= 0.6 is 23.4 Å². The van der Waals surface area contributed by atoms with Crippen molar-refractivity contribution in [3.63, 3.8) is 0 Å². The van der Waals surface area contributed by atoms with Crippen LogP contribution < -0.4 is 5.32 Å². The maximum Gasteiger partial charge on any atom is 0.0522 e. The van der Waals surface area contributed by atoms with E-state index in [9.17, 15) is 0 Å². The summed E-state index contributed by atoms with van der Waals surface area (Å²) in [7, 11) is 1.95. The minimum atomic E-state index is 0.438. The summed E-state index contributed by atoms with van der Waals surface area (Å²) >= 11 is 7.85. The van der Waals surface area contributed by atoms with Gasteiger partial charge in [0.1, 0.15) is 0 Å². The largest absolute Gasteiger partial charge is 0.313 e. The third kappa shape index (κ3) is 4.85. The monoisotopic (exact) mass is 309 g/mol. The van der Waals surface area contributed by atoms with E-state index in [0.29, 0.717) is 6.04 Å². The van der Waals surface area contributed by atoms with Gasteiger partial charge >= 0.3 is 0 Å². The Hall–Kier alpha value is -0.970. The summed E-state index contributed by atoms with van der Waals surface area (Å²) in [5.74, 6) is 1.02. The van der Waals surface area contributed by atoms with Crippen LogP contribution in [0.3, 0.4) is 0 Å². The highest BCUT2D eigenvalue weighted by atomic mass is 35.5. The molecule has 0 aliphatic rings. The van der Waals surface area contributed by atoms with Crippen LogP contribution in [0, 0.1) is 0 Å². The Bertz CT molecular complexity index is 541. The number of rotatable bonds is 7. The van der Waals surface area contributed by atoms with Crippen molar-refractivity contribution in [3.05, 3.63) is 47.2 Å². The van der Waals surface area contributed by atoms with Crippen LogP contribution in [0.1, 0.15) is 12.5 Å². The minimum absolute atomic E-state index is 0.438. The van der Waals surface area contributed by atoms with E-state index in [1.54, 1.807) is 0 Å². The van der Waals surface area contributed by atoms with Crippen LogP contribution in [-0.4, -0.2) is 28.1 Å². The van der Waals surface area contributed by atoms with E-state index in [2.05, 4.69) is 29.6 Å². The summed E-state index contributed by atoms with van der Waals surface area (Å²) < 4.78 is 1.85. The van der Waals surface area contributed by atoms with Crippen molar-refractivity contribution < 1.29 is 0 Å². The molecule has 0 amide bonds. The number of benzene rings is 1. The molecule has 0 saturated carbocycles. The van der Waals surface area contributed by atoms with Gasteiger partial charge in [-0.3, -0.25) is 4.68 Å². The second-order valence-corrected chi connectivity index (χ2v) is 6.28.